The van der Waals surface area contributed by atoms with Crippen LogP contribution in [0.2, 0.25) is 0 Å². The van der Waals surface area contributed by atoms with E-state index in [1.54, 1.807) is 12.1 Å². The number of nitrogens with zero attached hydrogens (tertiary/aromatic N) is 4. The zero-order valence-corrected chi connectivity index (χ0v) is 19.1. The lowest BCUT2D eigenvalue weighted by atomic mass is 9.88. The number of nitrogens with two attached hydrogens (primary N) is 1. The second-order valence-corrected chi connectivity index (χ2v) is 7.83. The van der Waals surface area contributed by atoms with E-state index in [0.29, 0.717) is 17.3 Å². The molecule has 0 unspecified atom stereocenters. The molecule has 1 heterocycles. The minimum atomic E-state index is 0.395. The van der Waals surface area contributed by atoms with Gasteiger partial charge in [-0.1, -0.05) is 38.1 Å². The monoisotopic (exact) mass is 444 g/mol. The quantitative estimate of drug-likeness (QED) is 0.345. The molecule has 1 aromatic heterocycles. The molecule has 166 valence electrons. The van der Waals surface area contributed by atoms with Gasteiger partial charge >= 0.3 is 0 Å². The molecule has 4 rings (SSSR count). The maximum Gasteiger partial charge on any atom is 0.229 e. The molecule has 0 aliphatic heterocycles. The number of para-hydroxylation sites is 1. The second kappa shape index (κ2) is 9.85. The maximum absolute atomic E-state index is 9.03. The fourth-order valence-electron chi connectivity index (χ4n) is 4.12. The Labute approximate surface area is 199 Å². The highest BCUT2D eigenvalue weighted by atomic mass is 15.1. The van der Waals surface area contributed by atoms with Gasteiger partial charge in [-0.15, -0.1) is 0 Å². The van der Waals surface area contributed by atoms with Crippen molar-refractivity contribution in [3.63, 3.8) is 0 Å². The Kier molecular flexibility index (Phi) is 6.52. The van der Waals surface area contributed by atoms with Gasteiger partial charge in [0, 0.05) is 22.7 Å². The molecular weight excluding hydrogens is 420 g/mol. The summed E-state index contributed by atoms with van der Waals surface area (Å²) in [6.45, 7) is 4.25. The fraction of sp³-hybridized carbons (Fsp3) is 0.143. The van der Waals surface area contributed by atoms with Crippen LogP contribution in [0.15, 0.2) is 60.7 Å². The Morgan fingerprint density at radius 3 is 2.29 bits per heavy atom. The van der Waals surface area contributed by atoms with Crippen molar-refractivity contribution in [3.05, 3.63) is 82.9 Å². The van der Waals surface area contributed by atoms with Crippen molar-refractivity contribution < 1.29 is 0 Å². The maximum atomic E-state index is 9.03. The lowest BCUT2D eigenvalue weighted by Gasteiger charge is -2.17. The molecule has 0 fully saturated rings. The number of aromatic nitrogens is 2. The van der Waals surface area contributed by atoms with E-state index < -0.39 is 0 Å². The van der Waals surface area contributed by atoms with Gasteiger partial charge in [0.1, 0.15) is 5.82 Å². The van der Waals surface area contributed by atoms with Gasteiger partial charge < -0.3 is 11.1 Å². The summed E-state index contributed by atoms with van der Waals surface area (Å²) >= 11 is 0. The van der Waals surface area contributed by atoms with Crippen molar-refractivity contribution in [2.24, 2.45) is 0 Å². The topological polar surface area (TPSA) is 111 Å². The van der Waals surface area contributed by atoms with Gasteiger partial charge in [0.2, 0.25) is 5.95 Å². The van der Waals surface area contributed by atoms with Crippen LogP contribution < -0.4 is 11.1 Å². The number of benzene rings is 3. The molecular formula is C28H24N6. The molecule has 0 amide bonds. The van der Waals surface area contributed by atoms with Crippen LogP contribution in [0.3, 0.4) is 0 Å². The first-order valence-electron chi connectivity index (χ1n) is 11.1. The average Bonchev–Trinajstić information content (AvgIpc) is 2.87. The predicted octanol–water partition coefficient (Wildman–Crippen LogP) is 6.16. The van der Waals surface area contributed by atoms with Gasteiger partial charge in [-0.3, -0.25) is 0 Å². The van der Waals surface area contributed by atoms with Gasteiger partial charge in [-0.05, 0) is 71.5 Å². The summed E-state index contributed by atoms with van der Waals surface area (Å²) in [5, 5.41) is 22.0. The highest BCUT2D eigenvalue weighted by molar-refractivity contribution is 6.00. The van der Waals surface area contributed by atoms with Crippen LogP contribution in [-0.2, 0) is 12.8 Å². The van der Waals surface area contributed by atoms with Crippen LogP contribution in [-0.4, -0.2) is 9.97 Å². The highest BCUT2D eigenvalue weighted by Gasteiger charge is 2.16. The summed E-state index contributed by atoms with van der Waals surface area (Å²) in [4.78, 5) is 9.31. The summed E-state index contributed by atoms with van der Waals surface area (Å²) in [6, 6.07) is 21.5. The van der Waals surface area contributed by atoms with Crippen molar-refractivity contribution in [2.45, 2.75) is 26.7 Å². The zero-order chi connectivity index (χ0) is 24.1. The van der Waals surface area contributed by atoms with Gasteiger partial charge in [-0.2, -0.15) is 15.5 Å². The SMILES string of the molecule is CCc1cc(C=CC#N)cc(CC)c1-c1cccc2c(N)nc(Nc3ccc(C#N)cc3)nc12. The van der Waals surface area contributed by atoms with Gasteiger partial charge in [0.15, 0.2) is 0 Å². The summed E-state index contributed by atoms with van der Waals surface area (Å²) in [5.41, 5.74) is 14.0. The lowest BCUT2D eigenvalue weighted by molar-refractivity contribution is 1.09. The molecule has 0 saturated heterocycles. The number of hydrogen-bond donors (Lipinski definition) is 2. The van der Waals surface area contributed by atoms with Gasteiger partial charge in [0.05, 0.1) is 23.2 Å². The molecule has 3 aromatic carbocycles. The number of aryl methyl sites for hydroxylation is 2. The Bertz CT molecular complexity index is 1450. The highest BCUT2D eigenvalue weighted by Crippen LogP contribution is 2.36. The normalized spacial score (nSPS) is 10.8. The number of anilines is 3. The van der Waals surface area contributed by atoms with E-state index >= 15 is 0 Å². The van der Waals surface area contributed by atoms with Crippen LogP contribution in [0.5, 0.6) is 0 Å². The number of fused-ring (bicyclic) bond motifs is 1. The minimum Gasteiger partial charge on any atom is -0.383 e. The lowest BCUT2D eigenvalue weighted by Crippen LogP contribution is -2.03. The number of nitriles is 2. The van der Waals surface area contributed by atoms with Crippen LogP contribution in [0.1, 0.15) is 36.1 Å². The third-order valence-electron chi connectivity index (χ3n) is 5.73. The second-order valence-electron chi connectivity index (χ2n) is 7.83. The zero-order valence-electron chi connectivity index (χ0n) is 19.1. The number of nitrogen functional groups attached to an aromatic ring is 1. The van der Waals surface area contributed by atoms with Crippen LogP contribution in [0.4, 0.5) is 17.5 Å². The Hall–Kier alpha value is -4.68. The Morgan fingerprint density at radius 1 is 0.971 bits per heavy atom. The summed E-state index contributed by atoms with van der Waals surface area (Å²) in [7, 11) is 0. The summed E-state index contributed by atoms with van der Waals surface area (Å²) in [6.07, 6.45) is 5.01. The van der Waals surface area contributed by atoms with E-state index in [1.165, 1.54) is 17.2 Å². The standard InChI is InChI=1S/C28H24N6/c1-3-20-15-19(7-6-14-29)16-21(4-2)25(20)23-8-5-9-24-26(23)33-28(34-27(24)31)32-22-12-10-18(17-30)11-13-22/h5-13,15-16H,3-4H2,1-2H3,(H3,31,32,33,34). The van der Waals surface area contributed by atoms with Crippen molar-refractivity contribution >= 4 is 34.4 Å². The van der Waals surface area contributed by atoms with Crippen molar-refractivity contribution in [1.29, 1.82) is 10.5 Å². The number of nitrogens with one attached hydrogen (secondary N) is 1. The Morgan fingerprint density at radius 2 is 1.68 bits per heavy atom. The molecule has 0 spiro atoms. The molecule has 0 saturated carbocycles. The molecule has 0 radical (unpaired) electrons. The van der Waals surface area contributed by atoms with E-state index in [0.717, 1.165) is 46.1 Å². The first kappa shape index (κ1) is 22.5. The molecule has 0 aliphatic rings. The molecule has 6 nitrogen and oxygen atoms in total. The van der Waals surface area contributed by atoms with Crippen LogP contribution in [0.25, 0.3) is 28.1 Å². The summed E-state index contributed by atoms with van der Waals surface area (Å²) < 4.78 is 0. The van der Waals surface area contributed by atoms with E-state index in [1.807, 2.05) is 30.3 Å². The third kappa shape index (κ3) is 4.44. The van der Waals surface area contributed by atoms with E-state index in [-0.39, 0.29) is 0 Å². The summed E-state index contributed by atoms with van der Waals surface area (Å²) in [5.74, 6) is 0.791. The molecule has 0 bridgehead atoms. The Balaban J connectivity index is 1.89. The number of allylic oxidation sites excluding steroid dienone is 1. The molecule has 0 aliphatic carbocycles. The van der Waals surface area contributed by atoms with E-state index in [2.05, 4.69) is 54.5 Å². The molecule has 34 heavy (non-hydrogen) atoms. The minimum absolute atomic E-state index is 0.395. The van der Waals surface area contributed by atoms with E-state index in [4.69, 9.17) is 21.2 Å². The number of hydrogen-bond acceptors (Lipinski definition) is 6. The first-order chi connectivity index (χ1) is 16.6. The van der Waals surface area contributed by atoms with Crippen molar-refractivity contribution in [2.75, 3.05) is 11.1 Å². The van der Waals surface area contributed by atoms with Crippen molar-refractivity contribution in [3.8, 4) is 23.3 Å². The van der Waals surface area contributed by atoms with E-state index in [9.17, 15) is 0 Å². The molecule has 0 atom stereocenters. The largest absolute Gasteiger partial charge is 0.383 e. The molecule has 3 N–H and O–H groups in total. The first-order valence-corrected chi connectivity index (χ1v) is 11.1. The van der Waals surface area contributed by atoms with Gasteiger partial charge in [-0.25, -0.2) is 4.98 Å². The number of rotatable bonds is 6. The van der Waals surface area contributed by atoms with Crippen LogP contribution >= 0.6 is 0 Å². The smallest absolute Gasteiger partial charge is 0.229 e. The molecule has 4 aromatic rings. The van der Waals surface area contributed by atoms with Crippen molar-refractivity contribution in [1.82, 2.24) is 9.97 Å². The van der Waals surface area contributed by atoms with Gasteiger partial charge in [0.25, 0.3) is 0 Å². The predicted molar refractivity (Wildman–Crippen MR) is 137 cm³/mol. The molecule has 6 heteroatoms. The van der Waals surface area contributed by atoms with Crippen LogP contribution in [0, 0.1) is 22.7 Å². The third-order valence-corrected chi connectivity index (χ3v) is 5.73. The fourth-order valence-corrected chi connectivity index (χ4v) is 4.12. The average molecular weight is 445 g/mol.